The Kier molecular flexibility index (Phi) is 7.48. The van der Waals surface area contributed by atoms with Crippen LogP contribution in [0.3, 0.4) is 0 Å². The van der Waals surface area contributed by atoms with Gasteiger partial charge in [-0.1, -0.05) is 31.2 Å². The van der Waals surface area contributed by atoms with Crippen LogP contribution in [0.1, 0.15) is 43.5 Å². The maximum absolute atomic E-state index is 4.83. The molecule has 2 heterocycles. The minimum absolute atomic E-state index is 0.681. The first-order valence-corrected chi connectivity index (χ1v) is 10.4. The van der Waals surface area contributed by atoms with Gasteiger partial charge in [0.2, 0.25) is 0 Å². The molecule has 28 heavy (non-hydrogen) atoms. The Morgan fingerprint density at radius 2 is 2.04 bits per heavy atom. The number of aryl methyl sites for hydroxylation is 1. The molecule has 1 saturated heterocycles. The number of aliphatic imine (C=N–C) groups is 1. The summed E-state index contributed by atoms with van der Waals surface area (Å²) in [5, 5.41) is 11.0. The summed E-state index contributed by atoms with van der Waals surface area (Å²) in [4.78, 5) is 7.41. The molecule has 0 radical (unpaired) electrons. The quantitative estimate of drug-likeness (QED) is 0.571. The Labute approximate surface area is 169 Å². The molecule has 0 spiro atoms. The van der Waals surface area contributed by atoms with Crippen molar-refractivity contribution in [3.05, 3.63) is 53.3 Å². The predicted molar refractivity (Wildman–Crippen MR) is 115 cm³/mol. The van der Waals surface area contributed by atoms with E-state index in [-0.39, 0.29) is 0 Å². The van der Waals surface area contributed by atoms with E-state index in [1.165, 1.54) is 37.1 Å². The van der Waals surface area contributed by atoms with Crippen molar-refractivity contribution in [1.29, 1.82) is 0 Å². The lowest BCUT2D eigenvalue weighted by atomic mass is 9.99. The molecule has 1 aromatic carbocycles. The summed E-state index contributed by atoms with van der Waals surface area (Å²) in [7, 11) is 1.96. The van der Waals surface area contributed by atoms with E-state index in [4.69, 9.17) is 4.99 Å². The Balaban J connectivity index is 1.64. The lowest BCUT2D eigenvalue weighted by Gasteiger charge is -2.31. The number of benzene rings is 1. The minimum Gasteiger partial charge on any atom is -0.357 e. The van der Waals surface area contributed by atoms with Gasteiger partial charge in [-0.3, -0.25) is 9.58 Å². The molecule has 6 heteroatoms. The molecule has 1 aromatic heterocycles. The van der Waals surface area contributed by atoms with Crippen molar-refractivity contribution in [3.8, 4) is 0 Å². The monoisotopic (exact) mass is 382 g/mol. The van der Waals surface area contributed by atoms with Gasteiger partial charge in [0.15, 0.2) is 5.96 Å². The van der Waals surface area contributed by atoms with Crippen molar-refractivity contribution in [1.82, 2.24) is 25.3 Å². The zero-order chi connectivity index (χ0) is 19.8. The maximum atomic E-state index is 4.83. The summed E-state index contributed by atoms with van der Waals surface area (Å²) in [5.74, 6) is 1.64. The van der Waals surface area contributed by atoms with Crippen LogP contribution in [0.5, 0.6) is 0 Å². The summed E-state index contributed by atoms with van der Waals surface area (Å²) in [6.07, 6.45) is 4.49. The molecule has 1 fully saturated rings. The van der Waals surface area contributed by atoms with Crippen LogP contribution in [-0.2, 0) is 26.7 Å². The molecular formula is C22H34N6. The number of nitrogens with one attached hydrogen (secondary N) is 2. The summed E-state index contributed by atoms with van der Waals surface area (Å²) < 4.78 is 1.88. The van der Waals surface area contributed by atoms with Crippen LogP contribution in [0, 0.1) is 5.92 Å². The van der Waals surface area contributed by atoms with E-state index in [0.29, 0.717) is 13.1 Å². The number of nitrogens with zero attached hydrogens (tertiary/aromatic N) is 4. The van der Waals surface area contributed by atoms with Crippen LogP contribution in [0.4, 0.5) is 0 Å². The summed E-state index contributed by atoms with van der Waals surface area (Å²) in [6, 6.07) is 10.7. The van der Waals surface area contributed by atoms with E-state index >= 15 is 0 Å². The Morgan fingerprint density at radius 1 is 1.21 bits per heavy atom. The largest absolute Gasteiger partial charge is 0.357 e. The van der Waals surface area contributed by atoms with E-state index in [1.54, 1.807) is 0 Å². The SMILES string of the molecule is CCNC(=NCc1ccccc1CN1CCCC(C)C1)NCc1ccnn1C. The molecule has 1 aliphatic heterocycles. The van der Waals surface area contributed by atoms with Gasteiger partial charge in [0.05, 0.1) is 18.8 Å². The summed E-state index contributed by atoms with van der Waals surface area (Å²) in [6.45, 7) is 10.1. The number of hydrogen-bond acceptors (Lipinski definition) is 3. The normalized spacial score (nSPS) is 18.2. The highest BCUT2D eigenvalue weighted by Gasteiger charge is 2.17. The van der Waals surface area contributed by atoms with E-state index in [1.807, 2.05) is 24.0 Å². The number of guanidine groups is 1. The topological polar surface area (TPSA) is 57.5 Å². The molecular weight excluding hydrogens is 348 g/mol. The standard InChI is InChI=1S/C22H34N6/c1-4-23-22(25-15-21-11-12-26-27(21)3)24-14-19-9-5-6-10-20(19)17-28-13-7-8-18(2)16-28/h5-6,9-12,18H,4,7-8,13-17H2,1-3H3,(H2,23,24,25). The molecule has 152 valence electrons. The van der Waals surface area contributed by atoms with E-state index < -0.39 is 0 Å². The van der Waals surface area contributed by atoms with Crippen molar-refractivity contribution in [2.45, 2.75) is 46.3 Å². The molecule has 1 aliphatic rings. The lowest BCUT2D eigenvalue weighted by molar-refractivity contribution is 0.176. The van der Waals surface area contributed by atoms with E-state index in [0.717, 1.165) is 30.7 Å². The third kappa shape index (κ3) is 5.83. The lowest BCUT2D eigenvalue weighted by Crippen LogP contribution is -2.37. The number of aromatic nitrogens is 2. The van der Waals surface area contributed by atoms with Crippen molar-refractivity contribution in [3.63, 3.8) is 0 Å². The predicted octanol–water partition coefficient (Wildman–Crippen LogP) is 2.91. The maximum Gasteiger partial charge on any atom is 0.191 e. The van der Waals surface area contributed by atoms with Gasteiger partial charge in [-0.2, -0.15) is 5.10 Å². The second kappa shape index (κ2) is 10.3. The van der Waals surface area contributed by atoms with Gasteiger partial charge in [0, 0.05) is 32.9 Å². The molecule has 3 rings (SSSR count). The van der Waals surface area contributed by atoms with Gasteiger partial charge in [-0.15, -0.1) is 0 Å². The average Bonchev–Trinajstić information content (AvgIpc) is 3.10. The number of likely N-dealkylation sites (tertiary alicyclic amines) is 1. The number of rotatable bonds is 7. The van der Waals surface area contributed by atoms with E-state index in [9.17, 15) is 0 Å². The fraction of sp³-hybridized carbons (Fsp3) is 0.545. The highest BCUT2D eigenvalue weighted by Crippen LogP contribution is 2.20. The smallest absolute Gasteiger partial charge is 0.191 e. The minimum atomic E-state index is 0.681. The first kappa shape index (κ1) is 20.4. The molecule has 0 saturated carbocycles. The Bertz CT molecular complexity index is 766. The summed E-state index contributed by atoms with van der Waals surface area (Å²) in [5.41, 5.74) is 3.83. The van der Waals surface area contributed by atoms with Gasteiger partial charge < -0.3 is 10.6 Å². The van der Waals surface area contributed by atoms with Crippen LogP contribution in [-0.4, -0.2) is 40.3 Å². The van der Waals surface area contributed by atoms with Gasteiger partial charge in [-0.25, -0.2) is 4.99 Å². The van der Waals surface area contributed by atoms with Crippen LogP contribution >= 0.6 is 0 Å². The van der Waals surface area contributed by atoms with Gasteiger partial charge >= 0.3 is 0 Å². The number of hydrogen-bond donors (Lipinski definition) is 2. The third-order valence-corrected chi connectivity index (χ3v) is 5.36. The molecule has 1 atom stereocenters. The molecule has 0 bridgehead atoms. The highest BCUT2D eigenvalue weighted by atomic mass is 15.3. The van der Waals surface area contributed by atoms with Crippen molar-refractivity contribution in [2.24, 2.45) is 18.0 Å². The van der Waals surface area contributed by atoms with Gasteiger partial charge in [0.25, 0.3) is 0 Å². The summed E-state index contributed by atoms with van der Waals surface area (Å²) >= 11 is 0. The second-order valence-electron chi connectivity index (χ2n) is 7.75. The van der Waals surface area contributed by atoms with Gasteiger partial charge in [-0.05, 0) is 49.4 Å². The molecule has 6 nitrogen and oxygen atoms in total. The van der Waals surface area contributed by atoms with Crippen LogP contribution in [0.25, 0.3) is 0 Å². The fourth-order valence-electron chi connectivity index (χ4n) is 3.79. The van der Waals surface area contributed by atoms with Crippen LogP contribution < -0.4 is 10.6 Å². The molecule has 0 aliphatic carbocycles. The first-order valence-electron chi connectivity index (χ1n) is 10.4. The number of piperidine rings is 1. The third-order valence-electron chi connectivity index (χ3n) is 5.36. The second-order valence-corrected chi connectivity index (χ2v) is 7.75. The van der Waals surface area contributed by atoms with Gasteiger partial charge in [0.1, 0.15) is 0 Å². The van der Waals surface area contributed by atoms with Crippen molar-refractivity contribution >= 4 is 5.96 Å². The zero-order valence-corrected chi connectivity index (χ0v) is 17.5. The van der Waals surface area contributed by atoms with Crippen LogP contribution in [0.2, 0.25) is 0 Å². The molecule has 1 unspecified atom stereocenters. The van der Waals surface area contributed by atoms with Crippen molar-refractivity contribution < 1.29 is 0 Å². The Hall–Kier alpha value is -2.34. The molecule has 2 aromatic rings. The van der Waals surface area contributed by atoms with E-state index in [2.05, 4.69) is 58.7 Å². The fourth-order valence-corrected chi connectivity index (χ4v) is 3.79. The Morgan fingerprint density at radius 3 is 2.75 bits per heavy atom. The van der Waals surface area contributed by atoms with Crippen LogP contribution in [0.15, 0.2) is 41.5 Å². The average molecular weight is 383 g/mol. The molecule has 0 amide bonds. The first-order chi connectivity index (χ1) is 13.7. The zero-order valence-electron chi connectivity index (χ0n) is 17.5. The van der Waals surface area contributed by atoms with Crippen molar-refractivity contribution in [2.75, 3.05) is 19.6 Å². The highest BCUT2D eigenvalue weighted by molar-refractivity contribution is 5.79. The molecule has 2 N–H and O–H groups in total.